The maximum atomic E-state index is 0. The van der Waals surface area contributed by atoms with Gasteiger partial charge in [0.1, 0.15) is 0 Å². The van der Waals surface area contributed by atoms with Gasteiger partial charge in [-0.25, -0.2) is 0 Å². The second-order valence-electron chi connectivity index (χ2n) is 0. The minimum atomic E-state index is 0. The molecule has 0 rings (SSSR count). The molecule has 0 radical (unpaired) electrons. The first-order valence-electron chi connectivity index (χ1n) is 0. The summed E-state index contributed by atoms with van der Waals surface area (Å²) in [6.45, 7) is 0. The Morgan fingerprint density at radius 3 is 1.00 bits per heavy atom. The van der Waals surface area contributed by atoms with Gasteiger partial charge in [0, 0.05) is 108 Å². The predicted octanol–water partition coefficient (Wildman–Crippen LogP) is -0.00750. The summed E-state index contributed by atoms with van der Waals surface area (Å²) in [6.07, 6.45) is 0. The van der Waals surface area contributed by atoms with Crippen LogP contribution >= 0.6 is 0 Å². The number of rotatable bonds is 0. The Bertz CT molecular complexity index is 8.00. The molecule has 0 amide bonds. The van der Waals surface area contributed by atoms with Crippen molar-refractivity contribution in [2.45, 2.75) is 0 Å². The van der Waals surface area contributed by atoms with Crippen LogP contribution in [0.3, 0.4) is 0 Å². The topological polar surface area (TPSA) is 0 Å². The molecule has 0 aromatic carbocycles. The molecule has 0 heterocycles. The molecular weight excluding hydrogens is 403 g/mol. The molecule has 0 N–H and O–H groups in total. The fraction of sp³-hybridized carbons (Fsp3) is 0. The smallest absolute Gasteiger partial charge is 0 e. The van der Waals surface area contributed by atoms with Gasteiger partial charge in [-0.1, -0.05) is 0 Å². The van der Waals surface area contributed by atoms with Crippen LogP contribution in [-0.4, -0.2) is 0 Å². The van der Waals surface area contributed by atoms with Gasteiger partial charge < -0.3 is 0 Å². The van der Waals surface area contributed by atoms with Crippen LogP contribution in [-0.2, 0) is 66.1 Å². The van der Waals surface area contributed by atoms with E-state index in [0.717, 1.165) is 0 Å². The Morgan fingerprint density at radius 1 is 1.00 bits per heavy atom. The molecule has 0 atom stereocenters. The average molecular weight is 403 g/mol. The zero-order valence-corrected chi connectivity index (χ0v) is 12.1. The molecule has 0 unspecified atom stereocenters. The van der Waals surface area contributed by atoms with E-state index in [-0.39, 0.29) is 108 Å². The Hall–Kier alpha value is 3.55. The second kappa shape index (κ2) is 16.0. The summed E-state index contributed by atoms with van der Waals surface area (Å²) in [6, 6.07) is 0. The van der Waals surface area contributed by atoms with E-state index in [1.165, 1.54) is 0 Å². The molecule has 0 aromatic rings. The average Bonchev–Trinajstić information content (AvgIpc) is 0. The van der Waals surface area contributed by atoms with Crippen molar-refractivity contribution in [2.75, 3.05) is 0 Å². The molecule has 0 aliphatic heterocycles. The van der Waals surface area contributed by atoms with Gasteiger partial charge in [0.2, 0.25) is 0 Å². The van der Waals surface area contributed by atoms with Crippen LogP contribution in [0.1, 0.15) is 0 Å². The van der Waals surface area contributed by atoms with Gasteiger partial charge in [-0.3, -0.25) is 0 Å². The Labute approximate surface area is 105 Å². The van der Waals surface area contributed by atoms with E-state index in [1.807, 2.05) is 0 Å². The molecule has 0 spiro atoms. The van der Waals surface area contributed by atoms with Gasteiger partial charge >= 0.3 is 0 Å². The van der Waals surface area contributed by atoms with Crippen molar-refractivity contribution in [1.82, 2.24) is 0 Å². The van der Waals surface area contributed by atoms with Gasteiger partial charge in [0.15, 0.2) is 0 Å². The summed E-state index contributed by atoms with van der Waals surface area (Å²) in [4.78, 5) is 0. The summed E-state index contributed by atoms with van der Waals surface area (Å²) in [5.41, 5.74) is 0. The first kappa shape index (κ1) is 25.7. The van der Waals surface area contributed by atoms with Crippen LogP contribution in [0.5, 0.6) is 0 Å². The van der Waals surface area contributed by atoms with Gasteiger partial charge in [-0.2, -0.15) is 0 Å². The zero-order chi connectivity index (χ0) is 0. The Morgan fingerprint density at radius 2 is 1.00 bits per heavy atom. The monoisotopic (exact) mass is 400 g/mol. The molecule has 4 heteroatoms. The predicted molar refractivity (Wildman–Crippen MR) is 0 cm³/mol. The fourth-order valence-corrected chi connectivity index (χ4v) is 0. The molecule has 0 aliphatic carbocycles. The maximum absolute atomic E-state index is 0. The second-order valence-corrected chi connectivity index (χ2v) is 0. The molecular formula is CePdZnZr. The molecule has 20 valence electrons. The molecule has 0 bridgehead atoms. The van der Waals surface area contributed by atoms with Crippen molar-refractivity contribution in [3.8, 4) is 0 Å². The maximum Gasteiger partial charge on any atom is 0 e. The molecule has 0 saturated carbocycles. The summed E-state index contributed by atoms with van der Waals surface area (Å²) >= 11 is 0. The molecule has 0 aliphatic rings. The zero-order valence-electron chi connectivity index (χ0n) is 2.02. The van der Waals surface area contributed by atoms with Crippen molar-refractivity contribution in [3.05, 3.63) is 0 Å². The van der Waals surface area contributed by atoms with E-state index in [4.69, 9.17) is 0 Å². The van der Waals surface area contributed by atoms with Crippen LogP contribution in [0.25, 0.3) is 0 Å². The summed E-state index contributed by atoms with van der Waals surface area (Å²) in [5, 5.41) is 0. The van der Waals surface area contributed by atoms with Crippen LogP contribution in [0, 0.1) is 41.7 Å². The van der Waals surface area contributed by atoms with Crippen LogP contribution < -0.4 is 0 Å². The van der Waals surface area contributed by atoms with E-state index in [1.54, 1.807) is 0 Å². The van der Waals surface area contributed by atoms with E-state index < -0.39 is 0 Å². The van der Waals surface area contributed by atoms with Crippen molar-refractivity contribution in [3.63, 3.8) is 0 Å². The van der Waals surface area contributed by atoms with E-state index in [9.17, 15) is 0 Å². The van der Waals surface area contributed by atoms with Crippen molar-refractivity contribution >= 4 is 0 Å². The quantitative estimate of drug-likeness (QED) is 0.500. The van der Waals surface area contributed by atoms with E-state index in [2.05, 4.69) is 0 Å². The standard InChI is InChI=1S/Ce.Pd.Zn.Zr. The van der Waals surface area contributed by atoms with E-state index in [0.29, 0.717) is 0 Å². The SMILES string of the molecule is [Ce].[Pd].[Zn].[Zr]. The first-order chi connectivity index (χ1) is 0. The number of hydrogen-bond acceptors (Lipinski definition) is 0. The normalized spacial score (nSPS) is 0. The Balaban J connectivity index is 0. The third kappa shape index (κ3) is 9.11. The fourth-order valence-electron chi connectivity index (χ4n) is 0. The van der Waals surface area contributed by atoms with Crippen molar-refractivity contribution in [1.29, 1.82) is 0 Å². The van der Waals surface area contributed by atoms with Gasteiger partial charge in [0.05, 0.1) is 0 Å². The minimum absolute atomic E-state index is 0. The van der Waals surface area contributed by atoms with Crippen molar-refractivity contribution in [2.24, 2.45) is 0 Å². The summed E-state index contributed by atoms with van der Waals surface area (Å²) in [5.74, 6) is 0. The van der Waals surface area contributed by atoms with Crippen LogP contribution in [0.4, 0.5) is 0 Å². The van der Waals surface area contributed by atoms with Crippen LogP contribution in [0.2, 0.25) is 0 Å². The molecule has 0 fully saturated rings. The minimum Gasteiger partial charge on any atom is 0 e. The van der Waals surface area contributed by atoms with Gasteiger partial charge in [0.25, 0.3) is 0 Å². The van der Waals surface area contributed by atoms with Gasteiger partial charge in [-0.05, 0) is 0 Å². The van der Waals surface area contributed by atoms with Crippen molar-refractivity contribution < 1.29 is 108 Å². The summed E-state index contributed by atoms with van der Waals surface area (Å²) in [7, 11) is 0. The molecule has 0 nitrogen and oxygen atoms in total. The molecule has 0 aromatic heterocycles. The number of hydrogen-bond donors (Lipinski definition) is 0. The first-order valence-corrected chi connectivity index (χ1v) is 0. The molecule has 4 heavy (non-hydrogen) atoms. The van der Waals surface area contributed by atoms with Crippen LogP contribution in [0.15, 0.2) is 0 Å². The summed E-state index contributed by atoms with van der Waals surface area (Å²) < 4.78 is 0. The molecule has 0 saturated heterocycles. The third-order valence-electron chi connectivity index (χ3n) is 0. The largest absolute Gasteiger partial charge is 0 e. The Kier molecular flexibility index (Phi) is 103. The third-order valence-corrected chi connectivity index (χ3v) is 0. The van der Waals surface area contributed by atoms with E-state index >= 15 is 0 Å². The van der Waals surface area contributed by atoms with Gasteiger partial charge in [-0.15, -0.1) is 0 Å².